The molecule has 0 spiro atoms. The maximum absolute atomic E-state index is 11.3. The zero-order valence-electron chi connectivity index (χ0n) is 10.6. The van der Waals surface area contributed by atoms with Gasteiger partial charge < -0.3 is 9.47 Å². The van der Waals surface area contributed by atoms with E-state index in [-0.39, 0.29) is 12.1 Å². The third-order valence-electron chi connectivity index (χ3n) is 3.37. The molecule has 0 aliphatic carbocycles. The SMILES string of the molecule is C[C@H]1C=C(CCCCCCCC2CO2)C(=O)O1. The quantitative estimate of drug-likeness (QED) is 0.371. The highest BCUT2D eigenvalue weighted by atomic mass is 16.6. The zero-order valence-corrected chi connectivity index (χ0v) is 10.6. The Hall–Kier alpha value is -0.830. The standard InChI is InChI=1S/C14H22O3/c1-11-9-12(14(15)17-11)7-5-3-2-4-6-8-13-10-16-13/h9,11,13H,2-8,10H2,1H3/t11-,13?/m0/s1. The molecule has 0 bridgehead atoms. The lowest BCUT2D eigenvalue weighted by Gasteiger charge is -2.01. The Bertz CT molecular complexity index is 292. The number of rotatable bonds is 8. The zero-order chi connectivity index (χ0) is 12.1. The highest BCUT2D eigenvalue weighted by Crippen LogP contribution is 2.21. The van der Waals surface area contributed by atoms with Crippen LogP contribution >= 0.6 is 0 Å². The summed E-state index contributed by atoms with van der Waals surface area (Å²) in [6, 6.07) is 0. The molecule has 0 aromatic heterocycles. The third-order valence-corrected chi connectivity index (χ3v) is 3.37. The number of hydrogen-bond acceptors (Lipinski definition) is 3. The summed E-state index contributed by atoms with van der Waals surface area (Å²) in [6.45, 7) is 2.89. The second kappa shape index (κ2) is 6.20. The van der Waals surface area contributed by atoms with Crippen LogP contribution in [0.1, 0.15) is 51.9 Å². The van der Waals surface area contributed by atoms with E-state index in [0.29, 0.717) is 6.10 Å². The van der Waals surface area contributed by atoms with E-state index < -0.39 is 0 Å². The summed E-state index contributed by atoms with van der Waals surface area (Å²) in [5.41, 5.74) is 0.879. The number of carbonyl (C=O) groups excluding carboxylic acids is 1. The fourth-order valence-electron chi connectivity index (χ4n) is 2.27. The lowest BCUT2D eigenvalue weighted by molar-refractivity contribution is -0.139. The molecule has 0 N–H and O–H groups in total. The molecule has 0 aromatic rings. The number of esters is 1. The van der Waals surface area contributed by atoms with Gasteiger partial charge in [0.2, 0.25) is 0 Å². The molecule has 1 fully saturated rings. The first kappa shape index (κ1) is 12.6. The van der Waals surface area contributed by atoms with Gasteiger partial charge in [-0.2, -0.15) is 0 Å². The molecule has 0 radical (unpaired) electrons. The normalized spacial score (nSPS) is 26.9. The third kappa shape index (κ3) is 4.50. The van der Waals surface area contributed by atoms with Crippen LogP contribution < -0.4 is 0 Å². The van der Waals surface area contributed by atoms with Crippen LogP contribution in [0.5, 0.6) is 0 Å². The molecule has 17 heavy (non-hydrogen) atoms. The molecule has 2 heterocycles. The van der Waals surface area contributed by atoms with Gasteiger partial charge in [0.25, 0.3) is 0 Å². The fourth-order valence-corrected chi connectivity index (χ4v) is 2.27. The Balaban J connectivity index is 1.45. The molecule has 3 nitrogen and oxygen atoms in total. The molecular weight excluding hydrogens is 216 g/mol. The van der Waals surface area contributed by atoms with Gasteiger partial charge in [0.05, 0.1) is 12.7 Å². The van der Waals surface area contributed by atoms with E-state index in [2.05, 4.69) is 0 Å². The topological polar surface area (TPSA) is 38.8 Å². The molecule has 0 amide bonds. The van der Waals surface area contributed by atoms with E-state index in [1.807, 2.05) is 13.0 Å². The molecular formula is C14H22O3. The maximum Gasteiger partial charge on any atom is 0.334 e. The number of epoxide rings is 1. The number of ether oxygens (including phenoxy) is 2. The summed E-state index contributed by atoms with van der Waals surface area (Å²) in [6.07, 6.45) is 10.8. The van der Waals surface area contributed by atoms with Crippen molar-refractivity contribution in [1.29, 1.82) is 0 Å². The average molecular weight is 238 g/mol. The first-order valence-electron chi connectivity index (χ1n) is 6.79. The van der Waals surface area contributed by atoms with Gasteiger partial charge in [-0.15, -0.1) is 0 Å². The molecule has 2 rings (SSSR count). The van der Waals surface area contributed by atoms with Gasteiger partial charge in [-0.3, -0.25) is 0 Å². The van der Waals surface area contributed by atoms with Crippen LogP contribution in [0, 0.1) is 0 Å². The largest absolute Gasteiger partial charge is 0.455 e. The summed E-state index contributed by atoms with van der Waals surface area (Å²) >= 11 is 0. The minimum absolute atomic E-state index is 0.0176. The number of unbranched alkanes of at least 4 members (excludes halogenated alkanes) is 4. The Morgan fingerprint density at radius 1 is 1.24 bits per heavy atom. The Morgan fingerprint density at radius 2 is 1.94 bits per heavy atom. The summed E-state index contributed by atoms with van der Waals surface area (Å²) in [5.74, 6) is -0.108. The summed E-state index contributed by atoms with van der Waals surface area (Å²) in [4.78, 5) is 11.3. The van der Waals surface area contributed by atoms with Gasteiger partial charge in [0.1, 0.15) is 6.10 Å². The summed E-state index contributed by atoms with van der Waals surface area (Å²) < 4.78 is 10.2. The van der Waals surface area contributed by atoms with Crippen molar-refractivity contribution in [2.45, 2.75) is 64.1 Å². The number of cyclic esters (lactones) is 1. The van der Waals surface area contributed by atoms with Crippen LogP contribution in [0.3, 0.4) is 0 Å². The molecule has 0 aromatic carbocycles. The predicted octanol–water partition coefficient (Wildman–Crippen LogP) is 2.99. The first-order valence-corrected chi connectivity index (χ1v) is 6.79. The maximum atomic E-state index is 11.3. The molecule has 2 aliphatic heterocycles. The van der Waals surface area contributed by atoms with E-state index in [0.717, 1.165) is 25.0 Å². The van der Waals surface area contributed by atoms with E-state index in [1.165, 1.54) is 32.1 Å². The van der Waals surface area contributed by atoms with E-state index in [9.17, 15) is 4.79 Å². The van der Waals surface area contributed by atoms with Crippen molar-refractivity contribution in [3.63, 3.8) is 0 Å². The summed E-state index contributed by atoms with van der Waals surface area (Å²) in [5, 5.41) is 0. The highest BCUT2D eigenvalue weighted by Gasteiger charge is 2.22. The predicted molar refractivity (Wildman–Crippen MR) is 65.7 cm³/mol. The minimum atomic E-state index is -0.108. The molecule has 0 saturated carbocycles. The second-order valence-electron chi connectivity index (χ2n) is 5.06. The van der Waals surface area contributed by atoms with Gasteiger partial charge in [-0.25, -0.2) is 4.79 Å². The van der Waals surface area contributed by atoms with Crippen LogP contribution in [0.25, 0.3) is 0 Å². The first-order chi connectivity index (χ1) is 8.25. The van der Waals surface area contributed by atoms with Crippen LogP contribution in [0.4, 0.5) is 0 Å². The number of hydrogen-bond donors (Lipinski definition) is 0. The van der Waals surface area contributed by atoms with Gasteiger partial charge in [-0.1, -0.05) is 25.7 Å². The van der Waals surface area contributed by atoms with Crippen LogP contribution in [-0.2, 0) is 14.3 Å². The van der Waals surface area contributed by atoms with E-state index in [1.54, 1.807) is 0 Å². The lowest BCUT2D eigenvalue weighted by Crippen LogP contribution is -2.03. The second-order valence-corrected chi connectivity index (χ2v) is 5.06. The Morgan fingerprint density at radius 3 is 2.59 bits per heavy atom. The average Bonchev–Trinajstić information content (AvgIpc) is 3.04. The van der Waals surface area contributed by atoms with Crippen molar-refractivity contribution in [3.8, 4) is 0 Å². The van der Waals surface area contributed by atoms with Gasteiger partial charge in [0.15, 0.2) is 0 Å². The Kier molecular flexibility index (Phi) is 4.60. The van der Waals surface area contributed by atoms with Crippen molar-refractivity contribution < 1.29 is 14.3 Å². The van der Waals surface area contributed by atoms with Crippen LogP contribution in [-0.4, -0.2) is 24.8 Å². The molecule has 96 valence electrons. The van der Waals surface area contributed by atoms with Crippen molar-refractivity contribution in [2.24, 2.45) is 0 Å². The van der Waals surface area contributed by atoms with Crippen LogP contribution in [0.2, 0.25) is 0 Å². The van der Waals surface area contributed by atoms with Crippen molar-refractivity contribution in [1.82, 2.24) is 0 Å². The molecule has 1 unspecified atom stereocenters. The van der Waals surface area contributed by atoms with Crippen molar-refractivity contribution in [2.75, 3.05) is 6.61 Å². The highest BCUT2D eigenvalue weighted by molar-refractivity contribution is 5.90. The van der Waals surface area contributed by atoms with Crippen LogP contribution in [0.15, 0.2) is 11.6 Å². The smallest absolute Gasteiger partial charge is 0.334 e. The molecule has 2 atom stereocenters. The number of carbonyl (C=O) groups is 1. The molecule has 2 aliphatic rings. The summed E-state index contributed by atoms with van der Waals surface area (Å²) in [7, 11) is 0. The molecule has 3 heteroatoms. The van der Waals surface area contributed by atoms with E-state index >= 15 is 0 Å². The van der Waals surface area contributed by atoms with Gasteiger partial charge in [-0.05, 0) is 32.3 Å². The lowest BCUT2D eigenvalue weighted by atomic mass is 10.0. The minimum Gasteiger partial charge on any atom is -0.455 e. The monoisotopic (exact) mass is 238 g/mol. The van der Waals surface area contributed by atoms with Crippen molar-refractivity contribution >= 4 is 5.97 Å². The van der Waals surface area contributed by atoms with Gasteiger partial charge >= 0.3 is 5.97 Å². The Labute approximate surface area is 103 Å². The van der Waals surface area contributed by atoms with Crippen molar-refractivity contribution in [3.05, 3.63) is 11.6 Å². The van der Waals surface area contributed by atoms with Gasteiger partial charge in [0, 0.05) is 5.57 Å². The fraction of sp³-hybridized carbons (Fsp3) is 0.786. The van der Waals surface area contributed by atoms with E-state index in [4.69, 9.17) is 9.47 Å². The molecule has 1 saturated heterocycles.